The lowest BCUT2D eigenvalue weighted by molar-refractivity contribution is -0.120. The molecule has 9 nitrogen and oxygen atoms in total. The second kappa shape index (κ2) is 12.3. The van der Waals surface area contributed by atoms with Crippen LogP contribution in [0.4, 0.5) is 0 Å². The Labute approximate surface area is 239 Å². The Morgan fingerprint density at radius 2 is 1.24 bits per heavy atom. The van der Waals surface area contributed by atoms with Crippen LogP contribution in [0.2, 0.25) is 0 Å². The van der Waals surface area contributed by atoms with Gasteiger partial charge in [0.25, 0.3) is 5.91 Å². The molecule has 3 amide bonds. The van der Waals surface area contributed by atoms with Gasteiger partial charge < -0.3 is 20.4 Å². The second-order valence-electron chi connectivity index (χ2n) is 10.4. The monoisotopic (exact) mass is 550 g/mol. The number of piperazine rings is 1. The standard InChI is InChI=1S/C32H34N6O3/c1-21(39)33-19-23-6-4-8-25(16-23)30-31(26-9-5-7-24(17-26)20-34-22(2)40)36-29-18-27(10-11-28(29)35-30)32(41)38-14-12-37(3)13-15-38/h4-11,16-18H,12-15,19-20H2,1-3H3,(H,33,39)(H,34,40). The quantitative estimate of drug-likeness (QED) is 0.364. The maximum atomic E-state index is 13.3. The molecule has 0 radical (unpaired) electrons. The highest BCUT2D eigenvalue weighted by Gasteiger charge is 2.22. The Hall–Kier alpha value is -4.63. The number of hydrogen-bond acceptors (Lipinski definition) is 6. The van der Waals surface area contributed by atoms with E-state index >= 15 is 0 Å². The molecule has 1 fully saturated rings. The minimum Gasteiger partial charge on any atom is -0.352 e. The summed E-state index contributed by atoms with van der Waals surface area (Å²) in [5.74, 6) is -0.204. The summed E-state index contributed by atoms with van der Waals surface area (Å²) in [6.45, 7) is 6.88. The molecule has 3 aromatic carbocycles. The Morgan fingerprint density at radius 1 is 0.707 bits per heavy atom. The van der Waals surface area contributed by atoms with Crippen molar-refractivity contribution in [3.05, 3.63) is 83.4 Å². The number of fused-ring (bicyclic) bond motifs is 1. The summed E-state index contributed by atoms with van der Waals surface area (Å²) in [7, 11) is 2.06. The summed E-state index contributed by atoms with van der Waals surface area (Å²) < 4.78 is 0. The number of amides is 3. The first kappa shape index (κ1) is 27.9. The molecule has 210 valence electrons. The van der Waals surface area contributed by atoms with Gasteiger partial charge in [-0.1, -0.05) is 36.4 Å². The number of rotatable bonds is 7. The van der Waals surface area contributed by atoms with E-state index in [1.165, 1.54) is 13.8 Å². The molecule has 41 heavy (non-hydrogen) atoms. The lowest BCUT2D eigenvalue weighted by Gasteiger charge is -2.32. The lowest BCUT2D eigenvalue weighted by Crippen LogP contribution is -2.47. The SMILES string of the molecule is CC(=O)NCc1cccc(-c2nc3ccc(C(=O)N4CCN(C)CC4)cc3nc2-c2cccc(CNC(C)=O)c2)c1. The molecule has 4 aromatic rings. The van der Waals surface area contributed by atoms with Gasteiger partial charge in [0.2, 0.25) is 11.8 Å². The third-order valence-electron chi connectivity index (χ3n) is 7.19. The summed E-state index contributed by atoms with van der Waals surface area (Å²) in [6, 6.07) is 21.2. The third-order valence-corrected chi connectivity index (χ3v) is 7.19. The van der Waals surface area contributed by atoms with Crippen LogP contribution >= 0.6 is 0 Å². The van der Waals surface area contributed by atoms with Crippen molar-refractivity contribution in [1.29, 1.82) is 0 Å². The average Bonchev–Trinajstić information content (AvgIpc) is 2.98. The number of aromatic nitrogens is 2. The predicted molar refractivity (Wildman–Crippen MR) is 159 cm³/mol. The van der Waals surface area contributed by atoms with Crippen LogP contribution < -0.4 is 10.6 Å². The molecule has 9 heteroatoms. The average molecular weight is 551 g/mol. The molecule has 0 bridgehead atoms. The fourth-order valence-corrected chi connectivity index (χ4v) is 4.89. The summed E-state index contributed by atoms with van der Waals surface area (Å²) in [5.41, 5.74) is 6.85. The highest BCUT2D eigenvalue weighted by atomic mass is 16.2. The summed E-state index contributed by atoms with van der Waals surface area (Å²) in [5, 5.41) is 5.69. The van der Waals surface area contributed by atoms with Crippen LogP contribution in [0, 0.1) is 0 Å². The van der Waals surface area contributed by atoms with E-state index in [-0.39, 0.29) is 17.7 Å². The molecule has 0 saturated carbocycles. The Kier molecular flexibility index (Phi) is 8.35. The van der Waals surface area contributed by atoms with E-state index in [9.17, 15) is 14.4 Å². The largest absolute Gasteiger partial charge is 0.352 e. The van der Waals surface area contributed by atoms with Crippen molar-refractivity contribution < 1.29 is 14.4 Å². The lowest BCUT2D eigenvalue weighted by atomic mass is 10.00. The zero-order chi connectivity index (χ0) is 28.9. The van der Waals surface area contributed by atoms with Gasteiger partial charge in [-0.2, -0.15) is 0 Å². The molecule has 1 aliphatic heterocycles. The number of nitrogens with zero attached hydrogens (tertiary/aromatic N) is 4. The van der Waals surface area contributed by atoms with E-state index in [0.29, 0.717) is 54.2 Å². The molecule has 5 rings (SSSR count). The fourth-order valence-electron chi connectivity index (χ4n) is 4.89. The number of hydrogen-bond donors (Lipinski definition) is 2. The first-order valence-electron chi connectivity index (χ1n) is 13.7. The fraction of sp³-hybridized carbons (Fsp3) is 0.281. The summed E-state index contributed by atoms with van der Waals surface area (Å²) in [4.78, 5) is 50.5. The van der Waals surface area contributed by atoms with Crippen molar-refractivity contribution in [2.45, 2.75) is 26.9 Å². The first-order chi connectivity index (χ1) is 19.8. The molecule has 2 heterocycles. The molecule has 1 aliphatic rings. The van der Waals surface area contributed by atoms with Crippen LogP contribution in [0.5, 0.6) is 0 Å². The zero-order valence-electron chi connectivity index (χ0n) is 23.6. The van der Waals surface area contributed by atoms with Crippen LogP contribution in [-0.2, 0) is 22.7 Å². The topological polar surface area (TPSA) is 108 Å². The van der Waals surface area contributed by atoms with Gasteiger partial charge in [0.05, 0.1) is 22.4 Å². The molecule has 2 N–H and O–H groups in total. The Morgan fingerprint density at radius 3 is 1.78 bits per heavy atom. The van der Waals surface area contributed by atoms with E-state index in [1.807, 2.05) is 71.6 Å². The number of benzene rings is 3. The number of carbonyl (C=O) groups is 3. The van der Waals surface area contributed by atoms with Crippen molar-refractivity contribution >= 4 is 28.8 Å². The normalized spacial score (nSPS) is 13.7. The minimum atomic E-state index is -0.102. The van der Waals surface area contributed by atoms with Gasteiger partial charge in [0.1, 0.15) is 0 Å². The van der Waals surface area contributed by atoms with E-state index in [0.717, 1.165) is 35.3 Å². The molecule has 0 spiro atoms. The van der Waals surface area contributed by atoms with Gasteiger partial charge in [-0.25, -0.2) is 9.97 Å². The summed E-state index contributed by atoms with van der Waals surface area (Å²) >= 11 is 0. The smallest absolute Gasteiger partial charge is 0.254 e. The van der Waals surface area contributed by atoms with Gasteiger partial charge in [0.15, 0.2) is 0 Å². The van der Waals surface area contributed by atoms with Gasteiger partial charge in [-0.3, -0.25) is 14.4 Å². The van der Waals surface area contributed by atoms with E-state index < -0.39 is 0 Å². The number of nitrogens with one attached hydrogen (secondary N) is 2. The van der Waals surface area contributed by atoms with Crippen molar-refractivity contribution in [2.75, 3.05) is 33.2 Å². The van der Waals surface area contributed by atoms with Gasteiger partial charge >= 0.3 is 0 Å². The number of likely N-dealkylation sites (N-methyl/N-ethyl adjacent to an activating group) is 1. The van der Waals surface area contributed by atoms with Crippen molar-refractivity contribution in [2.24, 2.45) is 0 Å². The van der Waals surface area contributed by atoms with Gasteiger partial charge in [-0.15, -0.1) is 0 Å². The van der Waals surface area contributed by atoms with Crippen molar-refractivity contribution in [1.82, 2.24) is 30.4 Å². The van der Waals surface area contributed by atoms with E-state index in [4.69, 9.17) is 9.97 Å². The maximum absolute atomic E-state index is 13.3. The third kappa shape index (κ3) is 6.75. The maximum Gasteiger partial charge on any atom is 0.254 e. The van der Waals surface area contributed by atoms with Gasteiger partial charge in [-0.05, 0) is 48.5 Å². The second-order valence-corrected chi connectivity index (χ2v) is 10.4. The molecular weight excluding hydrogens is 516 g/mol. The van der Waals surface area contributed by atoms with Gasteiger partial charge in [0, 0.05) is 69.8 Å². The van der Waals surface area contributed by atoms with E-state index in [1.54, 1.807) is 0 Å². The predicted octanol–water partition coefficient (Wildman–Crippen LogP) is 3.62. The minimum absolute atomic E-state index is 0.00426. The van der Waals surface area contributed by atoms with Crippen LogP contribution in [0.25, 0.3) is 33.5 Å². The molecular formula is C32H34N6O3. The van der Waals surface area contributed by atoms with Crippen LogP contribution in [0.3, 0.4) is 0 Å². The molecule has 1 saturated heterocycles. The van der Waals surface area contributed by atoms with Crippen molar-refractivity contribution in [3.8, 4) is 22.5 Å². The molecule has 0 atom stereocenters. The van der Waals surface area contributed by atoms with Crippen LogP contribution in [0.1, 0.15) is 35.3 Å². The zero-order valence-corrected chi connectivity index (χ0v) is 23.6. The van der Waals surface area contributed by atoms with Crippen molar-refractivity contribution in [3.63, 3.8) is 0 Å². The molecule has 0 aliphatic carbocycles. The highest BCUT2D eigenvalue weighted by molar-refractivity contribution is 5.98. The number of carbonyl (C=O) groups excluding carboxylic acids is 3. The molecule has 1 aromatic heterocycles. The Bertz CT molecular complexity index is 1610. The van der Waals surface area contributed by atoms with Crippen LogP contribution in [-0.4, -0.2) is 70.7 Å². The Balaban J connectivity index is 1.59. The molecule has 0 unspecified atom stereocenters. The van der Waals surface area contributed by atoms with E-state index in [2.05, 4.69) is 22.6 Å². The first-order valence-corrected chi connectivity index (χ1v) is 13.7. The van der Waals surface area contributed by atoms with Crippen LogP contribution in [0.15, 0.2) is 66.7 Å². The highest BCUT2D eigenvalue weighted by Crippen LogP contribution is 2.32. The summed E-state index contributed by atoms with van der Waals surface area (Å²) in [6.07, 6.45) is 0.